The van der Waals surface area contributed by atoms with E-state index in [-0.39, 0.29) is 12.1 Å². The number of hydrogen-bond acceptors (Lipinski definition) is 5. The van der Waals surface area contributed by atoms with Gasteiger partial charge in [-0.15, -0.1) is 0 Å². The van der Waals surface area contributed by atoms with Crippen molar-refractivity contribution in [3.05, 3.63) is 23.9 Å². The Labute approximate surface area is 129 Å². The van der Waals surface area contributed by atoms with Gasteiger partial charge in [0.25, 0.3) is 0 Å². The minimum Gasteiger partial charge on any atom is -0.472 e. The molecule has 0 radical (unpaired) electrons. The van der Waals surface area contributed by atoms with Gasteiger partial charge in [0, 0.05) is 38.3 Å². The van der Waals surface area contributed by atoms with Gasteiger partial charge in [-0.05, 0) is 6.07 Å². The molecule has 2 aliphatic heterocycles. The average molecular weight is 302 g/mol. The second-order valence-corrected chi connectivity index (χ2v) is 5.35. The molecule has 3 rings (SSSR count). The fourth-order valence-corrected chi connectivity index (χ4v) is 2.67. The fourth-order valence-electron chi connectivity index (χ4n) is 2.67. The van der Waals surface area contributed by atoms with Gasteiger partial charge < -0.3 is 19.3 Å². The summed E-state index contributed by atoms with van der Waals surface area (Å²) in [4.78, 5) is 20.1. The Balaban J connectivity index is 1.55. The molecule has 0 N–H and O–H groups in total. The summed E-state index contributed by atoms with van der Waals surface area (Å²) in [6.45, 7) is 3.72. The average Bonchev–Trinajstić information content (AvgIpc) is 3.03. The van der Waals surface area contributed by atoms with Gasteiger partial charge in [0.2, 0.25) is 5.88 Å². The van der Waals surface area contributed by atoms with Crippen LogP contribution < -0.4 is 4.74 Å². The second-order valence-electron chi connectivity index (χ2n) is 5.35. The number of ether oxygens (including phenoxy) is 2. The number of amides is 2. The van der Waals surface area contributed by atoms with Gasteiger partial charge in [-0.2, -0.15) is 5.26 Å². The van der Waals surface area contributed by atoms with Crippen LogP contribution in [0.25, 0.3) is 0 Å². The Kier molecular flexibility index (Phi) is 4.39. The standard InChI is InChI=1S/C15H18N4O3/c16-10-12-1-3-17-14(9-12)22-13-2-4-19(11-13)15(20)18-5-7-21-8-6-18/h1,3,9,13H,2,4-8,11H2. The second kappa shape index (κ2) is 6.62. The zero-order chi connectivity index (χ0) is 15.4. The molecular formula is C15H18N4O3. The van der Waals surface area contributed by atoms with E-state index in [1.54, 1.807) is 18.3 Å². The van der Waals surface area contributed by atoms with Crippen LogP contribution in [0.5, 0.6) is 5.88 Å². The van der Waals surface area contributed by atoms with Gasteiger partial charge in [-0.25, -0.2) is 9.78 Å². The summed E-state index contributed by atoms with van der Waals surface area (Å²) in [5.74, 6) is 0.435. The van der Waals surface area contributed by atoms with E-state index in [0.29, 0.717) is 50.8 Å². The maximum Gasteiger partial charge on any atom is 0.320 e. The summed E-state index contributed by atoms with van der Waals surface area (Å²) in [5, 5.41) is 8.88. The molecular weight excluding hydrogens is 284 g/mol. The molecule has 1 aromatic heterocycles. The van der Waals surface area contributed by atoms with Crippen molar-refractivity contribution in [2.24, 2.45) is 0 Å². The van der Waals surface area contributed by atoms with Crippen LogP contribution in [-0.2, 0) is 4.74 Å². The Hall–Kier alpha value is -2.33. The molecule has 7 heteroatoms. The zero-order valence-corrected chi connectivity index (χ0v) is 12.3. The van der Waals surface area contributed by atoms with Crippen LogP contribution >= 0.6 is 0 Å². The van der Waals surface area contributed by atoms with Crippen molar-refractivity contribution in [3.8, 4) is 11.9 Å². The van der Waals surface area contributed by atoms with Crippen LogP contribution in [0, 0.1) is 11.3 Å². The molecule has 116 valence electrons. The summed E-state index contributed by atoms with van der Waals surface area (Å²) >= 11 is 0. The Morgan fingerprint density at radius 2 is 2.18 bits per heavy atom. The molecule has 22 heavy (non-hydrogen) atoms. The largest absolute Gasteiger partial charge is 0.472 e. The van der Waals surface area contributed by atoms with E-state index in [9.17, 15) is 4.79 Å². The fraction of sp³-hybridized carbons (Fsp3) is 0.533. The molecule has 1 aromatic rings. The molecule has 2 saturated heterocycles. The zero-order valence-electron chi connectivity index (χ0n) is 12.3. The van der Waals surface area contributed by atoms with Crippen molar-refractivity contribution in [1.29, 1.82) is 5.26 Å². The van der Waals surface area contributed by atoms with Gasteiger partial charge >= 0.3 is 6.03 Å². The topological polar surface area (TPSA) is 78.7 Å². The first-order chi connectivity index (χ1) is 10.8. The lowest BCUT2D eigenvalue weighted by atomic mass is 10.3. The third kappa shape index (κ3) is 3.28. The minimum atomic E-state index is -0.0774. The number of morpholine rings is 1. The van der Waals surface area contributed by atoms with Crippen LogP contribution in [-0.4, -0.2) is 66.3 Å². The number of rotatable bonds is 2. The number of pyridine rings is 1. The van der Waals surface area contributed by atoms with Crippen molar-refractivity contribution in [2.75, 3.05) is 39.4 Å². The van der Waals surface area contributed by atoms with Gasteiger partial charge in [0.05, 0.1) is 31.4 Å². The minimum absolute atomic E-state index is 0.0492. The van der Waals surface area contributed by atoms with Crippen molar-refractivity contribution in [3.63, 3.8) is 0 Å². The highest BCUT2D eigenvalue weighted by atomic mass is 16.5. The summed E-state index contributed by atoms with van der Waals surface area (Å²) < 4.78 is 11.0. The Morgan fingerprint density at radius 3 is 2.95 bits per heavy atom. The number of likely N-dealkylation sites (tertiary alicyclic amines) is 1. The van der Waals surface area contributed by atoms with Gasteiger partial charge in [0.15, 0.2) is 0 Å². The van der Waals surface area contributed by atoms with E-state index in [0.717, 1.165) is 6.42 Å². The number of aromatic nitrogens is 1. The quantitative estimate of drug-likeness (QED) is 0.809. The summed E-state index contributed by atoms with van der Waals surface area (Å²) in [5.41, 5.74) is 0.518. The monoisotopic (exact) mass is 302 g/mol. The van der Waals surface area contributed by atoms with E-state index in [2.05, 4.69) is 11.1 Å². The number of hydrogen-bond donors (Lipinski definition) is 0. The van der Waals surface area contributed by atoms with E-state index >= 15 is 0 Å². The Bertz CT molecular complexity index is 580. The molecule has 0 bridgehead atoms. The lowest BCUT2D eigenvalue weighted by Gasteiger charge is -2.30. The molecule has 0 aliphatic carbocycles. The van der Waals surface area contributed by atoms with E-state index in [4.69, 9.17) is 14.7 Å². The van der Waals surface area contributed by atoms with Crippen LogP contribution in [0.1, 0.15) is 12.0 Å². The molecule has 1 unspecified atom stereocenters. The van der Waals surface area contributed by atoms with E-state index < -0.39 is 0 Å². The molecule has 0 spiro atoms. The predicted molar refractivity (Wildman–Crippen MR) is 77.3 cm³/mol. The van der Waals surface area contributed by atoms with Crippen LogP contribution in [0.4, 0.5) is 4.79 Å². The van der Waals surface area contributed by atoms with Crippen molar-refractivity contribution in [2.45, 2.75) is 12.5 Å². The van der Waals surface area contributed by atoms with Crippen molar-refractivity contribution < 1.29 is 14.3 Å². The molecule has 7 nitrogen and oxygen atoms in total. The maximum atomic E-state index is 12.4. The highest BCUT2D eigenvalue weighted by molar-refractivity contribution is 5.75. The lowest BCUT2D eigenvalue weighted by molar-refractivity contribution is 0.0443. The summed E-state index contributed by atoms with van der Waals surface area (Å²) in [6.07, 6.45) is 2.25. The number of urea groups is 1. The van der Waals surface area contributed by atoms with Crippen LogP contribution in [0.3, 0.4) is 0 Å². The highest BCUT2D eigenvalue weighted by Gasteiger charge is 2.31. The number of carbonyl (C=O) groups is 1. The number of nitriles is 1. The summed E-state index contributed by atoms with van der Waals surface area (Å²) in [6, 6.07) is 5.36. The molecule has 2 aliphatic rings. The smallest absolute Gasteiger partial charge is 0.320 e. The third-order valence-corrected chi connectivity index (χ3v) is 3.85. The predicted octanol–water partition coefficient (Wildman–Crippen LogP) is 0.859. The third-order valence-electron chi connectivity index (χ3n) is 3.85. The van der Waals surface area contributed by atoms with Gasteiger partial charge in [0.1, 0.15) is 6.10 Å². The van der Waals surface area contributed by atoms with Gasteiger partial charge in [-0.3, -0.25) is 0 Å². The molecule has 3 heterocycles. The molecule has 2 amide bonds. The first kappa shape index (κ1) is 14.6. The first-order valence-corrected chi connectivity index (χ1v) is 7.40. The molecule has 0 aromatic carbocycles. The van der Waals surface area contributed by atoms with Crippen LogP contribution in [0.2, 0.25) is 0 Å². The van der Waals surface area contributed by atoms with Crippen molar-refractivity contribution in [1.82, 2.24) is 14.8 Å². The van der Waals surface area contributed by atoms with Crippen molar-refractivity contribution >= 4 is 6.03 Å². The summed E-state index contributed by atoms with van der Waals surface area (Å²) in [7, 11) is 0. The normalized spacial score (nSPS) is 21.5. The SMILES string of the molecule is N#Cc1ccnc(OC2CCN(C(=O)N3CCOCC3)C2)c1. The highest BCUT2D eigenvalue weighted by Crippen LogP contribution is 2.18. The number of nitrogens with zero attached hydrogens (tertiary/aromatic N) is 4. The van der Waals surface area contributed by atoms with Crippen LogP contribution in [0.15, 0.2) is 18.3 Å². The van der Waals surface area contributed by atoms with E-state index in [1.165, 1.54) is 0 Å². The number of carbonyl (C=O) groups excluding carboxylic acids is 1. The van der Waals surface area contributed by atoms with E-state index in [1.807, 2.05) is 9.80 Å². The first-order valence-electron chi connectivity index (χ1n) is 7.40. The Morgan fingerprint density at radius 1 is 1.36 bits per heavy atom. The molecule has 2 fully saturated rings. The molecule has 0 saturated carbocycles. The maximum absolute atomic E-state index is 12.4. The van der Waals surface area contributed by atoms with Gasteiger partial charge in [-0.1, -0.05) is 0 Å². The molecule has 1 atom stereocenters. The lowest BCUT2D eigenvalue weighted by Crippen LogP contribution is -2.47.